The van der Waals surface area contributed by atoms with E-state index in [0.29, 0.717) is 24.6 Å². The number of carbonyl (C=O) groups is 1. The molecule has 3 rings (SSSR count). The summed E-state index contributed by atoms with van der Waals surface area (Å²) in [6.07, 6.45) is 5.29. The van der Waals surface area contributed by atoms with Crippen molar-refractivity contribution < 1.29 is 14.3 Å². The number of nitrogens with one attached hydrogen (secondary N) is 1. The van der Waals surface area contributed by atoms with Gasteiger partial charge < -0.3 is 14.8 Å². The summed E-state index contributed by atoms with van der Waals surface area (Å²) in [6.45, 7) is 4.98. The smallest absolute Gasteiger partial charge is 0.256 e. The first kappa shape index (κ1) is 20.1. The van der Waals surface area contributed by atoms with Crippen molar-refractivity contribution in [3.63, 3.8) is 0 Å². The number of aromatic nitrogens is 1. The molecule has 6 nitrogen and oxygen atoms in total. The maximum atomic E-state index is 12.8. The number of likely N-dealkylation sites (tertiary alicyclic amines) is 1. The molecule has 1 aliphatic rings. The summed E-state index contributed by atoms with van der Waals surface area (Å²) in [5, 5.41) is 3.09. The van der Waals surface area contributed by atoms with E-state index in [2.05, 4.69) is 27.3 Å². The van der Waals surface area contributed by atoms with Gasteiger partial charge in [0.1, 0.15) is 11.3 Å². The number of ether oxygens (including phenoxy) is 2. The van der Waals surface area contributed by atoms with Crippen molar-refractivity contribution in [2.45, 2.75) is 32.2 Å². The summed E-state index contributed by atoms with van der Waals surface area (Å²) in [7, 11) is 1.67. The lowest BCUT2D eigenvalue weighted by Crippen LogP contribution is -2.40. The molecule has 2 aromatic rings. The molecule has 1 aromatic heterocycles. The number of pyridine rings is 1. The highest BCUT2D eigenvalue weighted by molar-refractivity contribution is 5.96. The fourth-order valence-corrected chi connectivity index (χ4v) is 3.61. The van der Waals surface area contributed by atoms with Crippen LogP contribution in [-0.2, 0) is 0 Å². The molecule has 2 heterocycles. The van der Waals surface area contributed by atoms with Crippen molar-refractivity contribution >= 4 is 5.91 Å². The summed E-state index contributed by atoms with van der Waals surface area (Å²) in [4.78, 5) is 19.4. The molecule has 1 aliphatic heterocycles. The first-order chi connectivity index (χ1) is 13.7. The molecule has 1 fully saturated rings. The van der Waals surface area contributed by atoms with Crippen LogP contribution in [0.25, 0.3) is 0 Å². The lowest BCUT2D eigenvalue weighted by molar-refractivity contribution is 0.0920. The molecule has 1 N–H and O–H groups in total. The van der Waals surface area contributed by atoms with Crippen LogP contribution >= 0.6 is 0 Å². The summed E-state index contributed by atoms with van der Waals surface area (Å²) in [5.74, 6) is 1.05. The number of rotatable bonds is 8. The van der Waals surface area contributed by atoms with Crippen LogP contribution in [-0.4, -0.2) is 49.1 Å². The molecule has 0 bridgehead atoms. The largest absolute Gasteiger partial charge is 0.497 e. The van der Waals surface area contributed by atoms with E-state index in [4.69, 9.17) is 9.47 Å². The third-order valence-corrected chi connectivity index (χ3v) is 5.08. The lowest BCUT2D eigenvalue weighted by atomic mass is 10.0. The van der Waals surface area contributed by atoms with Gasteiger partial charge in [0.05, 0.1) is 19.8 Å². The van der Waals surface area contributed by atoms with E-state index in [0.717, 1.165) is 18.8 Å². The molecule has 0 saturated carbocycles. The molecule has 1 atom stereocenters. The van der Waals surface area contributed by atoms with Gasteiger partial charge in [0.25, 0.3) is 5.91 Å². The first-order valence-corrected chi connectivity index (χ1v) is 9.97. The zero-order valence-electron chi connectivity index (χ0n) is 16.7. The topological polar surface area (TPSA) is 63.7 Å². The fraction of sp³-hybridized carbons (Fsp3) is 0.455. The Labute approximate surface area is 166 Å². The monoisotopic (exact) mass is 383 g/mol. The second kappa shape index (κ2) is 10.1. The van der Waals surface area contributed by atoms with Crippen LogP contribution < -0.4 is 14.8 Å². The molecule has 1 aromatic carbocycles. The van der Waals surface area contributed by atoms with Crippen LogP contribution in [0.4, 0.5) is 0 Å². The molecule has 0 unspecified atom stereocenters. The van der Waals surface area contributed by atoms with Gasteiger partial charge in [-0.05, 0) is 62.7 Å². The van der Waals surface area contributed by atoms with E-state index in [1.54, 1.807) is 25.4 Å². The van der Waals surface area contributed by atoms with Gasteiger partial charge in [-0.3, -0.25) is 9.69 Å². The van der Waals surface area contributed by atoms with E-state index in [1.807, 2.05) is 19.1 Å². The van der Waals surface area contributed by atoms with Gasteiger partial charge in [0.2, 0.25) is 5.88 Å². The Morgan fingerprint density at radius 1 is 1.18 bits per heavy atom. The molecule has 0 radical (unpaired) electrons. The van der Waals surface area contributed by atoms with Crippen molar-refractivity contribution in [2.24, 2.45) is 0 Å². The zero-order chi connectivity index (χ0) is 19.8. The van der Waals surface area contributed by atoms with Gasteiger partial charge in [0, 0.05) is 12.7 Å². The van der Waals surface area contributed by atoms with Gasteiger partial charge in [-0.15, -0.1) is 0 Å². The molecule has 0 spiro atoms. The highest BCUT2D eigenvalue weighted by Crippen LogP contribution is 2.26. The number of methoxy groups -OCH3 is 1. The minimum Gasteiger partial charge on any atom is -0.497 e. The number of benzene rings is 1. The van der Waals surface area contributed by atoms with Gasteiger partial charge in [-0.2, -0.15) is 0 Å². The summed E-state index contributed by atoms with van der Waals surface area (Å²) in [6, 6.07) is 11.7. The standard InChI is InChI=1S/C22H29N3O3/c1-3-28-22-19(8-7-13-23-22)21(26)24-16-20(25-14-5-4-6-15-25)17-9-11-18(27-2)12-10-17/h7-13,20H,3-6,14-16H2,1-2H3,(H,24,26)/t20-/m0/s1. The normalized spacial score (nSPS) is 15.6. The molecule has 28 heavy (non-hydrogen) atoms. The maximum absolute atomic E-state index is 12.8. The minimum atomic E-state index is -0.160. The van der Waals surface area contributed by atoms with Crippen LogP contribution in [0.5, 0.6) is 11.6 Å². The van der Waals surface area contributed by atoms with Crippen LogP contribution in [0.3, 0.4) is 0 Å². The third-order valence-electron chi connectivity index (χ3n) is 5.08. The van der Waals surface area contributed by atoms with E-state index in [1.165, 1.54) is 24.8 Å². The molecular formula is C22H29N3O3. The van der Waals surface area contributed by atoms with Gasteiger partial charge >= 0.3 is 0 Å². The number of nitrogens with zero attached hydrogens (tertiary/aromatic N) is 2. The van der Waals surface area contributed by atoms with E-state index in [9.17, 15) is 4.79 Å². The van der Waals surface area contributed by atoms with Crippen LogP contribution in [0.15, 0.2) is 42.6 Å². The molecule has 150 valence electrons. The third kappa shape index (κ3) is 5.01. The minimum absolute atomic E-state index is 0.127. The number of hydrogen-bond donors (Lipinski definition) is 1. The molecule has 1 amide bonds. The Bertz CT molecular complexity index is 758. The van der Waals surface area contributed by atoms with E-state index in [-0.39, 0.29) is 11.9 Å². The van der Waals surface area contributed by atoms with Crippen molar-refractivity contribution in [2.75, 3.05) is 33.4 Å². The Hall–Kier alpha value is -2.60. The summed E-state index contributed by atoms with van der Waals surface area (Å²) < 4.78 is 10.8. The maximum Gasteiger partial charge on any atom is 0.256 e. The van der Waals surface area contributed by atoms with Gasteiger partial charge in [-0.25, -0.2) is 4.98 Å². The average Bonchev–Trinajstić information content (AvgIpc) is 2.75. The Balaban J connectivity index is 1.74. The predicted molar refractivity (Wildman–Crippen MR) is 109 cm³/mol. The van der Waals surface area contributed by atoms with E-state index >= 15 is 0 Å². The average molecular weight is 383 g/mol. The second-order valence-electron chi connectivity index (χ2n) is 6.88. The second-order valence-corrected chi connectivity index (χ2v) is 6.88. The number of hydrogen-bond acceptors (Lipinski definition) is 5. The van der Waals surface area contributed by atoms with Crippen molar-refractivity contribution in [1.82, 2.24) is 15.2 Å². The van der Waals surface area contributed by atoms with Crippen LogP contribution in [0, 0.1) is 0 Å². The molecule has 1 saturated heterocycles. The highest BCUT2D eigenvalue weighted by Gasteiger charge is 2.24. The van der Waals surface area contributed by atoms with E-state index < -0.39 is 0 Å². The highest BCUT2D eigenvalue weighted by atomic mass is 16.5. The Morgan fingerprint density at radius 2 is 1.93 bits per heavy atom. The summed E-state index contributed by atoms with van der Waals surface area (Å²) >= 11 is 0. The first-order valence-electron chi connectivity index (χ1n) is 9.97. The van der Waals surface area contributed by atoms with Crippen molar-refractivity contribution in [3.05, 3.63) is 53.7 Å². The summed E-state index contributed by atoms with van der Waals surface area (Å²) in [5.41, 5.74) is 1.65. The lowest BCUT2D eigenvalue weighted by Gasteiger charge is -2.35. The Kier molecular flexibility index (Phi) is 7.25. The van der Waals surface area contributed by atoms with Gasteiger partial charge in [-0.1, -0.05) is 18.6 Å². The Morgan fingerprint density at radius 3 is 2.61 bits per heavy atom. The molecule has 6 heteroatoms. The number of amides is 1. The van der Waals surface area contributed by atoms with Crippen molar-refractivity contribution in [1.29, 1.82) is 0 Å². The zero-order valence-corrected chi connectivity index (χ0v) is 16.7. The number of carbonyl (C=O) groups excluding carboxylic acids is 1. The van der Waals surface area contributed by atoms with Crippen LogP contribution in [0.1, 0.15) is 48.1 Å². The van der Waals surface area contributed by atoms with Crippen LogP contribution in [0.2, 0.25) is 0 Å². The molecule has 0 aliphatic carbocycles. The number of piperidine rings is 1. The quantitative estimate of drug-likeness (QED) is 0.756. The fourth-order valence-electron chi connectivity index (χ4n) is 3.61. The SMILES string of the molecule is CCOc1ncccc1C(=O)NC[C@@H](c1ccc(OC)cc1)N1CCCCC1. The molecular weight excluding hydrogens is 354 g/mol. The van der Waals surface area contributed by atoms with Crippen molar-refractivity contribution in [3.8, 4) is 11.6 Å². The predicted octanol–water partition coefficient (Wildman–Crippen LogP) is 3.45. The van der Waals surface area contributed by atoms with Gasteiger partial charge in [0.15, 0.2) is 0 Å².